The quantitative estimate of drug-likeness (QED) is 0.667. The van der Waals surface area contributed by atoms with E-state index in [0.717, 1.165) is 4.57 Å². The summed E-state index contributed by atoms with van der Waals surface area (Å²) in [7, 11) is 3.01. The number of aliphatic hydroxyl groups excluding tert-OH is 1. The van der Waals surface area contributed by atoms with Gasteiger partial charge >= 0.3 is 5.69 Å². The Morgan fingerprint density at radius 3 is 2.76 bits per heavy atom. The predicted octanol–water partition coefficient (Wildman–Crippen LogP) is -0.947. The maximum Gasteiger partial charge on any atom is 0.332 e. The molecule has 0 saturated carbocycles. The number of pyridine rings is 1. The summed E-state index contributed by atoms with van der Waals surface area (Å²) in [4.78, 5) is 28.2. The van der Waals surface area contributed by atoms with Gasteiger partial charge in [-0.25, -0.2) is 9.78 Å². The Balaban J connectivity index is 2.37. The average Bonchev–Trinajstić information content (AvgIpc) is 2.50. The van der Waals surface area contributed by atoms with E-state index in [1.807, 2.05) is 0 Å². The number of hydrogen-bond donors (Lipinski definition) is 2. The van der Waals surface area contributed by atoms with E-state index >= 15 is 0 Å². The highest BCUT2D eigenvalue weighted by Crippen LogP contribution is 2.15. The second kappa shape index (κ2) is 6.51. The van der Waals surface area contributed by atoms with Crippen LogP contribution in [0.3, 0.4) is 0 Å². The van der Waals surface area contributed by atoms with Crippen molar-refractivity contribution in [2.45, 2.75) is 0 Å². The number of hydrogen-bond acceptors (Lipinski definition) is 6. The lowest BCUT2D eigenvalue weighted by molar-refractivity contribution is 0.0992. The third kappa shape index (κ3) is 2.96. The summed E-state index contributed by atoms with van der Waals surface area (Å²) in [6.07, 6.45) is 1.54. The minimum atomic E-state index is -0.413. The van der Waals surface area contributed by atoms with Crippen LogP contribution in [0.2, 0.25) is 0 Å². The van der Waals surface area contributed by atoms with Gasteiger partial charge in [0.25, 0.3) is 5.56 Å². The molecule has 2 aromatic heterocycles. The molecule has 0 amide bonds. The lowest BCUT2D eigenvalue weighted by atomic mass is 10.2. The highest BCUT2D eigenvalue weighted by molar-refractivity contribution is 5.87. The van der Waals surface area contributed by atoms with Crippen molar-refractivity contribution in [1.29, 1.82) is 0 Å². The first-order chi connectivity index (χ1) is 10.1. The number of anilines is 1. The molecule has 2 rings (SSSR count). The van der Waals surface area contributed by atoms with E-state index in [2.05, 4.69) is 10.3 Å². The summed E-state index contributed by atoms with van der Waals surface area (Å²) in [6, 6.07) is 1.68. The minimum absolute atomic E-state index is 0.0269. The van der Waals surface area contributed by atoms with E-state index in [1.54, 1.807) is 13.1 Å². The fourth-order valence-corrected chi connectivity index (χ4v) is 2.06. The molecule has 0 saturated heterocycles. The van der Waals surface area contributed by atoms with Crippen molar-refractivity contribution in [3.8, 4) is 0 Å². The van der Waals surface area contributed by atoms with Crippen molar-refractivity contribution in [1.82, 2.24) is 14.1 Å². The Labute approximate surface area is 120 Å². The van der Waals surface area contributed by atoms with Gasteiger partial charge in [-0.05, 0) is 6.07 Å². The van der Waals surface area contributed by atoms with Gasteiger partial charge in [0.2, 0.25) is 0 Å². The lowest BCUT2D eigenvalue weighted by Gasteiger charge is -2.12. The Kier molecular flexibility index (Phi) is 4.71. The number of aryl methyl sites for hydroxylation is 1. The molecule has 8 heteroatoms. The van der Waals surface area contributed by atoms with Gasteiger partial charge in [-0.1, -0.05) is 0 Å². The molecule has 0 aromatic carbocycles. The maximum atomic E-state index is 12.3. The van der Waals surface area contributed by atoms with E-state index in [1.165, 1.54) is 17.8 Å². The van der Waals surface area contributed by atoms with Crippen LogP contribution in [0.25, 0.3) is 11.0 Å². The first kappa shape index (κ1) is 15.2. The molecule has 0 fully saturated rings. The van der Waals surface area contributed by atoms with Crippen LogP contribution >= 0.6 is 0 Å². The highest BCUT2D eigenvalue weighted by atomic mass is 16.5. The molecule has 0 radical (unpaired) electrons. The number of aromatic nitrogens is 3. The predicted molar refractivity (Wildman–Crippen MR) is 78.6 cm³/mol. The van der Waals surface area contributed by atoms with Crippen molar-refractivity contribution in [2.24, 2.45) is 14.1 Å². The Hall–Kier alpha value is -2.19. The van der Waals surface area contributed by atoms with Crippen LogP contribution in [0, 0.1) is 0 Å². The maximum absolute atomic E-state index is 12.3. The molecule has 114 valence electrons. The molecule has 2 heterocycles. The standard InChI is InChI=1S/C13H18N4O4/c1-16-11-10(12(19)17(2)13(16)20)9(3-4-15-11)14-5-7-21-8-6-18/h3-4,18H,5-8H2,1-2H3,(H,14,15). The zero-order valence-electron chi connectivity index (χ0n) is 12.0. The number of nitrogens with zero attached hydrogens (tertiary/aromatic N) is 3. The summed E-state index contributed by atoms with van der Waals surface area (Å²) in [6.45, 7) is 1.12. The van der Waals surface area contributed by atoms with Crippen LogP contribution in [-0.4, -0.2) is 45.6 Å². The zero-order valence-corrected chi connectivity index (χ0v) is 12.0. The van der Waals surface area contributed by atoms with Crippen LogP contribution in [0.4, 0.5) is 5.69 Å². The van der Waals surface area contributed by atoms with Crippen molar-refractivity contribution in [3.05, 3.63) is 33.1 Å². The second-order valence-electron chi connectivity index (χ2n) is 4.53. The van der Waals surface area contributed by atoms with E-state index in [-0.39, 0.29) is 18.8 Å². The summed E-state index contributed by atoms with van der Waals surface area (Å²) < 4.78 is 7.54. The number of ether oxygens (including phenoxy) is 1. The first-order valence-corrected chi connectivity index (χ1v) is 6.55. The zero-order chi connectivity index (χ0) is 15.4. The molecule has 0 spiro atoms. The second-order valence-corrected chi connectivity index (χ2v) is 4.53. The molecule has 0 aliphatic rings. The first-order valence-electron chi connectivity index (χ1n) is 6.55. The summed E-state index contributed by atoms with van der Waals surface area (Å²) in [5, 5.41) is 12.1. The normalized spacial score (nSPS) is 11.0. The number of nitrogens with one attached hydrogen (secondary N) is 1. The number of aliphatic hydroxyl groups is 1. The van der Waals surface area contributed by atoms with Gasteiger partial charge in [-0.2, -0.15) is 0 Å². The number of rotatable bonds is 6. The Morgan fingerprint density at radius 2 is 2.05 bits per heavy atom. The Bertz CT molecular complexity index is 750. The molecule has 2 aromatic rings. The van der Waals surface area contributed by atoms with Crippen molar-refractivity contribution in [3.63, 3.8) is 0 Å². The minimum Gasteiger partial charge on any atom is -0.394 e. The van der Waals surface area contributed by atoms with E-state index in [4.69, 9.17) is 9.84 Å². The van der Waals surface area contributed by atoms with E-state index in [0.29, 0.717) is 29.9 Å². The van der Waals surface area contributed by atoms with Crippen molar-refractivity contribution >= 4 is 16.7 Å². The van der Waals surface area contributed by atoms with Crippen LogP contribution in [0.15, 0.2) is 21.9 Å². The molecule has 0 aliphatic heterocycles. The van der Waals surface area contributed by atoms with Gasteiger partial charge < -0.3 is 15.2 Å². The van der Waals surface area contributed by atoms with Crippen LogP contribution < -0.4 is 16.6 Å². The fraction of sp³-hybridized carbons (Fsp3) is 0.462. The van der Waals surface area contributed by atoms with Gasteiger partial charge in [0.1, 0.15) is 5.39 Å². The molecule has 0 unspecified atom stereocenters. The summed E-state index contributed by atoms with van der Waals surface area (Å²) >= 11 is 0. The lowest BCUT2D eigenvalue weighted by Crippen LogP contribution is -2.37. The monoisotopic (exact) mass is 294 g/mol. The smallest absolute Gasteiger partial charge is 0.332 e. The van der Waals surface area contributed by atoms with Crippen molar-refractivity contribution in [2.75, 3.05) is 31.7 Å². The topological polar surface area (TPSA) is 98.4 Å². The molecule has 8 nitrogen and oxygen atoms in total. The Morgan fingerprint density at radius 1 is 1.29 bits per heavy atom. The SMILES string of the molecule is Cn1c(=O)c2c(NCCOCCO)ccnc2n(C)c1=O. The largest absolute Gasteiger partial charge is 0.394 e. The van der Waals surface area contributed by atoms with Gasteiger partial charge in [0.15, 0.2) is 5.65 Å². The summed E-state index contributed by atoms with van der Waals surface area (Å²) in [5.74, 6) is 0. The molecule has 0 aliphatic carbocycles. The molecular weight excluding hydrogens is 276 g/mol. The molecule has 0 bridgehead atoms. The van der Waals surface area contributed by atoms with E-state index in [9.17, 15) is 9.59 Å². The molecule has 21 heavy (non-hydrogen) atoms. The third-order valence-electron chi connectivity index (χ3n) is 3.14. The molecular formula is C13H18N4O4. The summed E-state index contributed by atoms with van der Waals surface area (Å²) in [5.41, 5.74) is 0.136. The van der Waals surface area contributed by atoms with Crippen LogP contribution in [0.5, 0.6) is 0 Å². The van der Waals surface area contributed by atoms with Gasteiger partial charge in [0, 0.05) is 26.8 Å². The molecule has 2 N–H and O–H groups in total. The van der Waals surface area contributed by atoms with Gasteiger partial charge in [-0.15, -0.1) is 0 Å². The number of fused-ring (bicyclic) bond motifs is 1. The van der Waals surface area contributed by atoms with Crippen LogP contribution in [0.1, 0.15) is 0 Å². The average molecular weight is 294 g/mol. The van der Waals surface area contributed by atoms with Crippen molar-refractivity contribution < 1.29 is 9.84 Å². The highest BCUT2D eigenvalue weighted by Gasteiger charge is 2.12. The van der Waals surface area contributed by atoms with E-state index < -0.39 is 5.69 Å². The third-order valence-corrected chi connectivity index (χ3v) is 3.14. The van der Waals surface area contributed by atoms with Crippen LogP contribution in [-0.2, 0) is 18.8 Å². The van der Waals surface area contributed by atoms with Gasteiger partial charge in [0.05, 0.1) is 25.5 Å². The van der Waals surface area contributed by atoms with Gasteiger partial charge in [-0.3, -0.25) is 13.9 Å². The molecule has 0 atom stereocenters. The fourth-order valence-electron chi connectivity index (χ4n) is 2.06.